The Morgan fingerprint density at radius 1 is 1.10 bits per heavy atom. The number of non-ortho nitro benzene ring substituents is 1. The highest BCUT2D eigenvalue weighted by molar-refractivity contribution is 5.94. The topological polar surface area (TPSA) is 87.9 Å². The number of amides is 1. The first-order valence-electron chi connectivity index (χ1n) is 9.57. The van der Waals surface area contributed by atoms with E-state index in [0.717, 1.165) is 37.5 Å². The van der Waals surface area contributed by atoms with E-state index in [2.05, 4.69) is 22.2 Å². The number of benzene rings is 2. The number of hydrogen-bond donors (Lipinski definition) is 1. The van der Waals surface area contributed by atoms with E-state index >= 15 is 0 Å². The van der Waals surface area contributed by atoms with E-state index in [4.69, 9.17) is 4.74 Å². The zero-order valence-electron chi connectivity index (χ0n) is 16.7. The van der Waals surface area contributed by atoms with Crippen LogP contribution in [0.15, 0.2) is 48.5 Å². The molecule has 1 atom stereocenters. The predicted octanol–water partition coefficient (Wildman–Crippen LogP) is 2.32. The summed E-state index contributed by atoms with van der Waals surface area (Å²) in [7, 11) is 3.74. The quantitative estimate of drug-likeness (QED) is 0.569. The summed E-state index contributed by atoms with van der Waals surface area (Å²) in [6.45, 7) is 4.24. The summed E-state index contributed by atoms with van der Waals surface area (Å²) < 4.78 is 5.25. The van der Waals surface area contributed by atoms with Crippen LogP contribution in [0.2, 0.25) is 0 Å². The molecule has 0 aromatic heterocycles. The molecule has 8 heteroatoms. The molecule has 1 saturated heterocycles. The SMILES string of the molecule is COc1ccc([C@@H](CNC(=O)c2ccc([N+](=O)[O-])cc2)N2CCN(C)CC2)cc1. The van der Waals surface area contributed by atoms with Gasteiger partial charge in [-0.15, -0.1) is 0 Å². The molecule has 1 N–H and O–H groups in total. The lowest BCUT2D eigenvalue weighted by Crippen LogP contribution is -2.48. The molecule has 0 spiro atoms. The normalized spacial score (nSPS) is 16.2. The minimum absolute atomic E-state index is 0.0323. The predicted molar refractivity (Wildman–Crippen MR) is 110 cm³/mol. The summed E-state index contributed by atoms with van der Waals surface area (Å²) in [6.07, 6.45) is 0. The van der Waals surface area contributed by atoms with Gasteiger partial charge in [0.1, 0.15) is 5.75 Å². The fourth-order valence-electron chi connectivity index (χ4n) is 3.44. The number of nitro benzene ring substituents is 1. The van der Waals surface area contributed by atoms with Crippen LogP contribution < -0.4 is 10.1 Å². The highest BCUT2D eigenvalue weighted by Gasteiger charge is 2.24. The number of rotatable bonds is 7. The molecule has 8 nitrogen and oxygen atoms in total. The molecule has 0 bridgehead atoms. The third-order valence-corrected chi connectivity index (χ3v) is 5.28. The molecule has 2 aromatic rings. The van der Waals surface area contributed by atoms with E-state index in [-0.39, 0.29) is 17.6 Å². The number of hydrogen-bond acceptors (Lipinski definition) is 6. The lowest BCUT2D eigenvalue weighted by molar-refractivity contribution is -0.384. The van der Waals surface area contributed by atoms with Gasteiger partial charge in [0, 0.05) is 50.4 Å². The molecule has 29 heavy (non-hydrogen) atoms. The third kappa shape index (κ3) is 5.30. The molecule has 3 rings (SSSR count). The van der Waals surface area contributed by atoms with Gasteiger partial charge in [-0.1, -0.05) is 12.1 Å². The van der Waals surface area contributed by atoms with Crippen LogP contribution in [0.1, 0.15) is 22.0 Å². The summed E-state index contributed by atoms with van der Waals surface area (Å²) in [6, 6.07) is 13.6. The van der Waals surface area contributed by atoms with Crippen LogP contribution in [0, 0.1) is 10.1 Å². The second kappa shape index (κ2) is 9.49. The highest BCUT2D eigenvalue weighted by atomic mass is 16.6. The fraction of sp³-hybridized carbons (Fsp3) is 0.381. The average molecular weight is 398 g/mol. The minimum atomic E-state index is -0.477. The Bertz CT molecular complexity index is 831. The maximum atomic E-state index is 12.6. The Labute approximate surface area is 170 Å². The van der Waals surface area contributed by atoms with Crippen LogP contribution in [-0.2, 0) is 0 Å². The van der Waals surface area contributed by atoms with Crippen LogP contribution >= 0.6 is 0 Å². The molecule has 0 radical (unpaired) electrons. The molecular formula is C21H26N4O4. The monoisotopic (exact) mass is 398 g/mol. The molecule has 0 aliphatic carbocycles. The van der Waals surface area contributed by atoms with Crippen molar-refractivity contribution >= 4 is 11.6 Å². The summed E-state index contributed by atoms with van der Waals surface area (Å²) in [5.41, 5.74) is 1.48. The molecule has 1 aliphatic heterocycles. The maximum absolute atomic E-state index is 12.6. The van der Waals surface area contributed by atoms with Gasteiger partial charge in [0.25, 0.3) is 11.6 Å². The van der Waals surface area contributed by atoms with Gasteiger partial charge in [0.2, 0.25) is 0 Å². The largest absolute Gasteiger partial charge is 0.497 e. The van der Waals surface area contributed by atoms with Gasteiger partial charge in [0.05, 0.1) is 18.1 Å². The van der Waals surface area contributed by atoms with E-state index in [1.165, 1.54) is 24.3 Å². The molecule has 1 heterocycles. The van der Waals surface area contributed by atoms with Gasteiger partial charge in [-0.05, 0) is 36.9 Å². The number of carbonyl (C=O) groups excluding carboxylic acids is 1. The van der Waals surface area contributed by atoms with Gasteiger partial charge >= 0.3 is 0 Å². The number of methoxy groups -OCH3 is 1. The summed E-state index contributed by atoms with van der Waals surface area (Å²) >= 11 is 0. The summed E-state index contributed by atoms with van der Waals surface area (Å²) in [5, 5.41) is 13.8. The van der Waals surface area contributed by atoms with Crippen LogP contribution in [0.4, 0.5) is 5.69 Å². The molecule has 1 fully saturated rings. The van der Waals surface area contributed by atoms with Crippen molar-refractivity contribution in [2.45, 2.75) is 6.04 Å². The second-order valence-corrected chi connectivity index (χ2v) is 7.14. The molecule has 0 unspecified atom stereocenters. The van der Waals surface area contributed by atoms with Crippen molar-refractivity contribution in [1.82, 2.24) is 15.1 Å². The standard InChI is InChI=1S/C21H26N4O4/c1-23-11-13-24(14-12-23)20(16-5-9-19(29-2)10-6-16)15-22-21(26)17-3-7-18(8-4-17)25(27)28/h3-10,20H,11-15H2,1-2H3,(H,22,26)/t20-/m1/s1. The Balaban J connectivity index is 1.71. The molecule has 1 aliphatic rings. The molecular weight excluding hydrogens is 372 g/mol. The van der Waals surface area contributed by atoms with Gasteiger partial charge in [-0.25, -0.2) is 0 Å². The van der Waals surface area contributed by atoms with Crippen molar-refractivity contribution in [3.63, 3.8) is 0 Å². The zero-order valence-corrected chi connectivity index (χ0v) is 16.7. The van der Waals surface area contributed by atoms with E-state index in [1.807, 2.05) is 24.3 Å². The lowest BCUT2D eigenvalue weighted by Gasteiger charge is -2.38. The van der Waals surface area contributed by atoms with E-state index < -0.39 is 4.92 Å². The number of nitrogens with one attached hydrogen (secondary N) is 1. The number of carbonyl (C=O) groups is 1. The summed E-state index contributed by atoms with van der Waals surface area (Å²) in [5.74, 6) is 0.549. The first-order chi connectivity index (χ1) is 14.0. The van der Waals surface area contributed by atoms with Crippen LogP contribution in [-0.4, -0.2) is 67.5 Å². The van der Waals surface area contributed by atoms with Gasteiger partial charge in [0.15, 0.2) is 0 Å². The van der Waals surface area contributed by atoms with E-state index in [1.54, 1.807) is 7.11 Å². The average Bonchev–Trinajstić information content (AvgIpc) is 2.75. The molecule has 0 saturated carbocycles. The highest BCUT2D eigenvalue weighted by Crippen LogP contribution is 2.24. The third-order valence-electron chi connectivity index (χ3n) is 5.28. The fourth-order valence-corrected chi connectivity index (χ4v) is 3.44. The van der Waals surface area contributed by atoms with E-state index in [0.29, 0.717) is 12.1 Å². The Morgan fingerprint density at radius 2 is 1.72 bits per heavy atom. The Hall–Kier alpha value is -2.97. The first-order valence-corrected chi connectivity index (χ1v) is 9.57. The molecule has 154 valence electrons. The smallest absolute Gasteiger partial charge is 0.269 e. The van der Waals surface area contributed by atoms with Crippen molar-refractivity contribution in [3.05, 3.63) is 69.8 Å². The van der Waals surface area contributed by atoms with Crippen LogP contribution in [0.25, 0.3) is 0 Å². The minimum Gasteiger partial charge on any atom is -0.497 e. The number of ether oxygens (including phenoxy) is 1. The zero-order chi connectivity index (χ0) is 20.8. The van der Waals surface area contributed by atoms with E-state index in [9.17, 15) is 14.9 Å². The van der Waals surface area contributed by atoms with Crippen LogP contribution in [0.5, 0.6) is 5.75 Å². The van der Waals surface area contributed by atoms with Gasteiger partial charge < -0.3 is 15.0 Å². The van der Waals surface area contributed by atoms with Crippen molar-refractivity contribution in [1.29, 1.82) is 0 Å². The molecule has 1 amide bonds. The maximum Gasteiger partial charge on any atom is 0.269 e. The number of likely N-dealkylation sites (N-methyl/N-ethyl adjacent to an activating group) is 1. The number of nitrogens with zero attached hydrogens (tertiary/aromatic N) is 3. The first kappa shape index (κ1) is 20.8. The van der Waals surface area contributed by atoms with Crippen LogP contribution in [0.3, 0.4) is 0 Å². The van der Waals surface area contributed by atoms with Crippen molar-refractivity contribution in [3.8, 4) is 5.75 Å². The lowest BCUT2D eigenvalue weighted by atomic mass is 10.0. The van der Waals surface area contributed by atoms with Crippen molar-refractivity contribution < 1.29 is 14.5 Å². The van der Waals surface area contributed by atoms with Crippen molar-refractivity contribution in [2.75, 3.05) is 46.9 Å². The number of nitro groups is 1. The number of piperazine rings is 1. The molecule has 2 aromatic carbocycles. The van der Waals surface area contributed by atoms with Gasteiger partial charge in [-0.3, -0.25) is 19.8 Å². The summed E-state index contributed by atoms with van der Waals surface area (Å²) in [4.78, 5) is 27.5. The second-order valence-electron chi connectivity index (χ2n) is 7.14. The Kier molecular flexibility index (Phi) is 6.79. The Morgan fingerprint density at radius 3 is 2.28 bits per heavy atom. The van der Waals surface area contributed by atoms with Gasteiger partial charge in [-0.2, -0.15) is 0 Å². The van der Waals surface area contributed by atoms with Crippen molar-refractivity contribution in [2.24, 2.45) is 0 Å².